The first-order chi connectivity index (χ1) is 6.91. The van der Waals surface area contributed by atoms with Gasteiger partial charge in [0.2, 0.25) is 0 Å². The zero-order valence-electron chi connectivity index (χ0n) is 9.07. The van der Waals surface area contributed by atoms with Gasteiger partial charge in [-0.25, -0.2) is 4.79 Å². The molecule has 0 fully saturated rings. The van der Waals surface area contributed by atoms with Crippen molar-refractivity contribution < 1.29 is 14.6 Å². The molecule has 0 radical (unpaired) electrons. The average molecular weight is 210 g/mol. The Labute approximate surface area is 87.7 Å². The maximum Gasteiger partial charge on any atom is 0.354 e. The number of carboxylic acids is 1. The highest BCUT2D eigenvalue weighted by atomic mass is 16.5. The average Bonchev–Trinajstić information content (AvgIpc) is 2.56. The minimum Gasteiger partial charge on any atom is -0.477 e. The van der Waals surface area contributed by atoms with Crippen molar-refractivity contribution in [1.29, 1.82) is 0 Å². The van der Waals surface area contributed by atoms with Crippen molar-refractivity contribution in [2.75, 3.05) is 0 Å². The Hall–Kier alpha value is -1.36. The van der Waals surface area contributed by atoms with E-state index in [2.05, 4.69) is 5.10 Å². The zero-order chi connectivity index (χ0) is 11.2. The summed E-state index contributed by atoms with van der Waals surface area (Å²) in [7, 11) is 0. The normalized spacial score (nSPS) is 15.4. The van der Waals surface area contributed by atoms with Crippen molar-refractivity contribution in [2.24, 2.45) is 0 Å². The molecule has 5 nitrogen and oxygen atoms in total. The van der Waals surface area contributed by atoms with Crippen molar-refractivity contribution in [3.05, 3.63) is 17.0 Å². The van der Waals surface area contributed by atoms with E-state index in [1.807, 2.05) is 20.8 Å². The minimum absolute atomic E-state index is 0.259. The second-order valence-corrected chi connectivity index (χ2v) is 4.65. The molecule has 0 unspecified atom stereocenters. The van der Waals surface area contributed by atoms with E-state index in [-0.39, 0.29) is 11.2 Å². The molecule has 0 spiro atoms. The van der Waals surface area contributed by atoms with E-state index in [0.29, 0.717) is 13.2 Å². The summed E-state index contributed by atoms with van der Waals surface area (Å²) < 4.78 is 6.75. The van der Waals surface area contributed by atoms with Crippen LogP contribution in [0.5, 0.6) is 0 Å². The van der Waals surface area contributed by atoms with Crippen LogP contribution in [0, 0.1) is 0 Å². The highest BCUT2D eigenvalue weighted by Gasteiger charge is 2.31. The molecule has 0 saturated carbocycles. The topological polar surface area (TPSA) is 64.4 Å². The fraction of sp³-hybridized carbons (Fsp3) is 0.600. The Bertz CT molecular complexity index is 415. The molecule has 0 aromatic carbocycles. The molecule has 1 N–H and O–H groups in total. The maximum atomic E-state index is 11.2. The molecular weight excluding hydrogens is 196 g/mol. The van der Waals surface area contributed by atoms with Gasteiger partial charge in [0.15, 0.2) is 5.69 Å². The summed E-state index contributed by atoms with van der Waals surface area (Å²) in [4.78, 5) is 11.2. The van der Waals surface area contributed by atoms with Gasteiger partial charge >= 0.3 is 5.97 Å². The van der Waals surface area contributed by atoms with Gasteiger partial charge in [-0.05, 0) is 20.8 Å². The fourth-order valence-corrected chi connectivity index (χ4v) is 1.72. The number of ether oxygens (including phenoxy) is 1. The van der Waals surface area contributed by atoms with Gasteiger partial charge in [0.05, 0.1) is 24.4 Å². The van der Waals surface area contributed by atoms with Crippen LogP contribution in [0.15, 0.2) is 0 Å². The van der Waals surface area contributed by atoms with Gasteiger partial charge in [0.25, 0.3) is 0 Å². The molecule has 1 aromatic heterocycles. The standard InChI is InChI=1S/C10H14N2O3/c1-10(2,3)12-8(9(13)14)6-4-15-5-7(6)11-12/h4-5H2,1-3H3,(H,13,14). The number of carboxylic acid groups (broad SMARTS) is 1. The molecule has 15 heavy (non-hydrogen) atoms. The number of carbonyl (C=O) groups is 1. The molecule has 1 aliphatic rings. The molecule has 5 heteroatoms. The lowest BCUT2D eigenvalue weighted by Crippen LogP contribution is -2.27. The molecule has 2 heterocycles. The van der Waals surface area contributed by atoms with Crippen LogP contribution in [0.25, 0.3) is 0 Å². The molecule has 0 bridgehead atoms. The van der Waals surface area contributed by atoms with Crippen LogP contribution in [0.1, 0.15) is 42.5 Å². The van der Waals surface area contributed by atoms with Crippen LogP contribution < -0.4 is 0 Å². The molecule has 0 aliphatic carbocycles. The van der Waals surface area contributed by atoms with Crippen LogP contribution in [-0.2, 0) is 23.5 Å². The van der Waals surface area contributed by atoms with Gasteiger partial charge in [0.1, 0.15) is 0 Å². The number of hydrogen-bond donors (Lipinski definition) is 1. The van der Waals surface area contributed by atoms with Crippen molar-refractivity contribution in [1.82, 2.24) is 9.78 Å². The number of nitrogens with zero attached hydrogens (tertiary/aromatic N) is 2. The maximum absolute atomic E-state index is 11.2. The summed E-state index contributed by atoms with van der Waals surface area (Å²) in [5, 5.41) is 13.5. The highest BCUT2D eigenvalue weighted by molar-refractivity contribution is 5.88. The van der Waals surface area contributed by atoms with E-state index in [9.17, 15) is 4.79 Å². The number of aromatic carboxylic acids is 1. The van der Waals surface area contributed by atoms with E-state index in [0.717, 1.165) is 11.3 Å². The van der Waals surface area contributed by atoms with E-state index in [1.165, 1.54) is 0 Å². The summed E-state index contributed by atoms with van der Waals surface area (Å²) >= 11 is 0. The van der Waals surface area contributed by atoms with E-state index in [4.69, 9.17) is 9.84 Å². The first-order valence-corrected chi connectivity index (χ1v) is 4.83. The second-order valence-electron chi connectivity index (χ2n) is 4.65. The molecule has 1 aliphatic heterocycles. The smallest absolute Gasteiger partial charge is 0.354 e. The minimum atomic E-state index is -0.941. The lowest BCUT2D eigenvalue weighted by molar-refractivity contribution is 0.0664. The van der Waals surface area contributed by atoms with Crippen molar-refractivity contribution in [3.63, 3.8) is 0 Å². The summed E-state index contributed by atoms with van der Waals surface area (Å²) in [5.41, 5.74) is 1.41. The van der Waals surface area contributed by atoms with Gasteiger partial charge in [-0.3, -0.25) is 4.68 Å². The molecule has 0 atom stereocenters. The van der Waals surface area contributed by atoms with Gasteiger partial charge in [-0.1, -0.05) is 0 Å². The Balaban J connectivity index is 2.62. The van der Waals surface area contributed by atoms with E-state index < -0.39 is 5.97 Å². The molecule has 2 rings (SSSR count). The first-order valence-electron chi connectivity index (χ1n) is 4.83. The SMILES string of the molecule is CC(C)(C)n1nc2c(c1C(=O)O)COC2. The van der Waals surface area contributed by atoms with Crippen LogP contribution in [0.3, 0.4) is 0 Å². The van der Waals surface area contributed by atoms with Crippen LogP contribution in [-0.4, -0.2) is 20.9 Å². The third-order valence-electron chi connectivity index (χ3n) is 2.39. The van der Waals surface area contributed by atoms with Crippen molar-refractivity contribution in [2.45, 2.75) is 39.5 Å². The van der Waals surface area contributed by atoms with Gasteiger partial charge < -0.3 is 9.84 Å². The van der Waals surface area contributed by atoms with E-state index >= 15 is 0 Å². The lowest BCUT2D eigenvalue weighted by atomic mass is 10.1. The number of aromatic nitrogens is 2. The monoisotopic (exact) mass is 210 g/mol. The molecular formula is C10H14N2O3. The Morgan fingerprint density at radius 2 is 2.13 bits per heavy atom. The van der Waals surface area contributed by atoms with Crippen LogP contribution in [0.2, 0.25) is 0 Å². The zero-order valence-corrected chi connectivity index (χ0v) is 9.07. The number of fused-ring (bicyclic) bond motifs is 1. The van der Waals surface area contributed by atoms with Crippen LogP contribution in [0.4, 0.5) is 0 Å². The van der Waals surface area contributed by atoms with Gasteiger partial charge in [0, 0.05) is 5.56 Å². The van der Waals surface area contributed by atoms with Crippen molar-refractivity contribution >= 4 is 5.97 Å². The number of rotatable bonds is 1. The third kappa shape index (κ3) is 1.52. The third-order valence-corrected chi connectivity index (χ3v) is 2.39. The predicted molar refractivity (Wildman–Crippen MR) is 52.7 cm³/mol. The second kappa shape index (κ2) is 3.06. The summed E-state index contributed by atoms with van der Waals surface area (Å²) in [6.07, 6.45) is 0. The molecule has 1 aromatic rings. The van der Waals surface area contributed by atoms with Gasteiger partial charge in [-0.15, -0.1) is 0 Å². The first kappa shape index (κ1) is 10.2. The van der Waals surface area contributed by atoms with Gasteiger partial charge in [-0.2, -0.15) is 5.10 Å². The Kier molecular flexibility index (Phi) is 2.08. The predicted octanol–water partition coefficient (Wildman–Crippen LogP) is 1.37. The fourth-order valence-electron chi connectivity index (χ4n) is 1.72. The summed E-state index contributed by atoms with van der Waals surface area (Å²) in [5.74, 6) is -0.941. The number of hydrogen-bond acceptors (Lipinski definition) is 3. The quantitative estimate of drug-likeness (QED) is 0.760. The van der Waals surface area contributed by atoms with Crippen molar-refractivity contribution in [3.8, 4) is 0 Å². The highest BCUT2D eigenvalue weighted by Crippen LogP contribution is 2.27. The summed E-state index contributed by atoms with van der Waals surface area (Å²) in [6, 6.07) is 0. The molecule has 0 amide bonds. The molecule has 82 valence electrons. The largest absolute Gasteiger partial charge is 0.477 e. The van der Waals surface area contributed by atoms with Crippen LogP contribution >= 0.6 is 0 Å². The molecule has 0 saturated heterocycles. The Morgan fingerprint density at radius 1 is 1.47 bits per heavy atom. The van der Waals surface area contributed by atoms with E-state index in [1.54, 1.807) is 4.68 Å². The Morgan fingerprint density at radius 3 is 2.67 bits per heavy atom. The summed E-state index contributed by atoms with van der Waals surface area (Å²) in [6.45, 7) is 6.57. The lowest BCUT2D eigenvalue weighted by Gasteiger charge is -2.21.